The van der Waals surface area contributed by atoms with Crippen molar-refractivity contribution < 1.29 is 14.3 Å². The van der Waals surface area contributed by atoms with Gasteiger partial charge in [0, 0.05) is 6.04 Å². The molecular weight excluding hydrogens is 266 g/mol. The van der Waals surface area contributed by atoms with Crippen molar-refractivity contribution in [2.45, 2.75) is 58.6 Å². The molecule has 1 amide bonds. The first-order chi connectivity index (χ1) is 9.97. The molecule has 114 valence electrons. The van der Waals surface area contributed by atoms with Crippen LogP contribution >= 0.6 is 0 Å². The van der Waals surface area contributed by atoms with Crippen LogP contribution in [-0.4, -0.2) is 24.0 Å². The maximum atomic E-state index is 12.1. The quantitative estimate of drug-likeness (QED) is 0.867. The van der Waals surface area contributed by atoms with Crippen molar-refractivity contribution in [2.24, 2.45) is 0 Å². The van der Waals surface area contributed by atoms with Crippen LogP contribution in [0.25, 0.3) is 0 Å². The van der Waals surface area contributed by atoms with E-state index in [-0.39, 0.29) is 11.9 Å². The predicted molar refractivity (Wildman–Crippen MR) is 81.2 cm³/mol. The smallest absolute Gasteiger partial charge is 0.339 e. The summed E-state index contributed by atoms with van der Waals surface area (Å²) in [6.45, 7) is 5.46. The van der Waals surface area contributed by atoms with Crippen LogP contribution in [0.3, 0.4) is 0 Å². The third-order valence-corrected chi connectivity index (χ3v) is 3.96. The van der Waals surface area contributed by atoms with Crippen molar-refractivity contribution in [1.82, 2.24) is 5.32 Å². The minimum Gasteiger partial charge on any atom is -0.449 e. The number of nitrogens with one attached hydrogen (secondary N) is 1. The van der Waals surface area contributed by atoms with Gasteiger partial charge in [0.25, 0.3) is 5.91 Å². The highest BCUT2D eigenvalue weighted by Gasteiger charge is 2.23. The molecule has 1 aromatic carbocycles. The summed E-state index contributed by atoms with van der Waals surface area (Å²) in [4.78, 5) is 24.1. The van der Waals surface area contributed by atoms with Gasteiger partial charge in [0.2, 0.25) is 0 Å². The van der Waals surface area contributed by atoms with Crippen LogP contribution in [-0.2, 0) is 9.53 Å². The average molecular weight is 289 g/mol. The molecule has 4 nitrogen and oxygen atoms in total. The summed E-state index contributed by atoms with van der Waals surface area (Å²) in [5.74, 6) is -0.651. The highest BCUT2D eigenvalue weighted by Crippen LogP contribution is 2.18. The highest BCUT2D eigenvalue weighted by atomic mass is 16.5. The molecule has 0 spiro atoms. The molecule has 0 bridgehead atoms. The molecule has 1 fully saturated rings. The van der Waals surface area contributed by atoms with Gasteiger partial charge in [-0.15, -0.1) is 0 Å². The van der Waals surface area contributed by atoms with Crippen molar-refractivity contribution in [3.8, 4) is 0 Å². The monoisotopic (exact) mass is 289 g/mol. The molecular formula is C17H23NO3. The number of hydrogen-bond donors (Lipinski definition) is 1. The fourth-order valence-corrected chi connectivity index (χ4v) is 2.71. The number of ether oxygens (including phenoxy) is 1. The standard InChI is InChI=1S/C17H23NO3/c1-11-8-9-15(12(2)10-11)17(20)21-13(3)16(19)18-14-6-4-5-7-14/h8-10,13-14H,4-7H2,1-3H3,(H,18,19)/t13-/m0/s1. The molecule has 0 unspecified atom stereocenters. The van der Waals surface area contributed by atoms with Crippen molar-refractivity contribution in [2.75, 3.05) is 0 Å². The molecule has 1 aromatic rings. The van der Waals surface area contributed by atoms with Gasteiger partial charge in [-0.1, -0.05) is 30.5 Å². The van der Waals surface area contributed by atoms with E-state index in [0.29, 0.717) is 5.56 Å². The summed E-state index contributed by atoms with van der Waals surface area (Å²) in [6.07, 6.45) is 3.58. The van der Waals surface area contributed by atoms with Crippen LogP contribution in [0.4, 0.5) is 0 Å². The summed E-state index contributed by atoms with van der Waals surface area (Å²) < 4.78 is 5.28. The molecule has 0 aliphatic heterocycles. The fraction of sp³-hybridized carbons (Fsp3) is 0.529. The Morgan fingerprint density at radius 3 is 2.52 bits per heavy atom. The number of aryl methyl sites for hydroxylation is 2. The van der Waals surface area contributed by atoms with Gasteiger partial charge in [-0.3, -0.25) is 4.79 Å². The third kappa shape index (κ3) is 4.06. The first kappa shape index (κ1) is 15.5. The zero-order valence-corrected chi connectivity index (χ0v) is 12.9. The second-order valence-electron chi connectivity index (χ2n) is 5.86. The minimum atomic E-state index is -0.765. The van der Waals surface area contributed by atoms with Gasteiger partial charge in [-0.25, -0.2) is 4.79 Å². The number of amides is 1. The predicted octanol–water partition coefficient (Wildman–Crippen LogP) is 2.91. The van der Waals surface area contributed by atoms with Crippen LogP contribution in [0.1, 0.15) is 54.1 Å². The number of carbonyl (C=O) groups excluding carboxylic acids is 2. The molecule has 21 heavy (non-hydrogen) atoms. The van der Waals surface area contributed by atoms with E-state index >= 15 is 0 Å². The van der Waals surface area contributed by atoms with E-state index in [1.807, 2.05) is 26.0 Å². The molecule has 1 atom stereocenters. The number of hydrogen-bond acceptors (Lipinski definition) is 3. The van der Waals surface area contributed by atoms with Crippen molar-refractivity contribution in [3.05, 3.63) is 34.9 Å². The minimum absolute atomic E-state index is 0.208. The summed E-state index contributed by atoms with van der Waals surface area (Å²) in [7, 11) is 0. The number of benzene rings is 1. The van der Waals surface area contributed by atoms with E-state index in [9.17, 15) is 9.59 Å². The lowest BCUT2D eigenvalue weighted by atomic mass is 10.1. The van der Waals surface area contributed by atoms with E-state index in [1.165, 1.54) is 0 Å². The highest BCUT2D eigenvalue weighted by molar-refractivity contribution is 5.93. The Kier molecular flexibility index (Phi) is 4.99. The lowest BCUT2D eigenvalue weighted by Crippen LogP contribution is -2.40. The van der Waals surface area contributed by atoms with Gasteiger partial charge in [0.1, 0.15) is 0 Å². The normalized spacial score (nSPS) is 16.5. The Morgan fingerprint density at radius 2 is 1.90 bits per heavy atom. The van der Waals surface area contributed by atoms with Gasteiger partial charge >= 0.3 is 5.97 Å². The first-order valence-corrected chi connectivity index (χ1v) is 7.56. The van der Waals surface area contributed by atoms with Crippen molar-refractivity contribution >= 4 is 11.9 Å². The molecule has 1 saturated carbocycles. The summed E-state index contributed by atoms with van der Waals surface area (Å²) in [5, 5.41) is 2.94. The molecule has 0 saturated heterocycles. The Morgan fingerprint density at radius 1 is 1.24 bits per heavy atom. The van der Waals surface area contributed by atoms with E-state index in [1.54, 1.807) is 13.0 Å². The Hall–Kier alpha value is -1.84. The number of carbonyl (C=O) groups is 2. The Balaban J connectivity index is 1.93. The van der Waals surface area contributed by atoms with Gasteiger partial charge < -0.3 is 10.1 Å². The van der Waals surface area contributed by atoms with Gasteiger partial charge in [0.15, 0.2) is 6.10 Å². The first-order valence-electron chi connectivity index (χ1n) is 7.56. The van der Waals surface area contributed by atoms with Crippen molar-refractivity contribution in [3.63, 3.8) is 0 Å². The summed E-state index contributed by atoms with van der Waals surface area (Å²) in [5.41, 5.74) is 2.47. The van der Waals surface area contributed by atoms with Gasteiger partial charge in [-0.2, -0.15) is 0 Å². The number of esters is 1. The summed E-state index contributed by atoms with van der Waals surface area (Å²) >= 11 is 0. The van der Waals surface area contributed by atoms with Crippen LogP contribution in [0.2, 0.25) is 0 Å². The third-order valence-electron chi connectivity index (χ3n) is 3.96. The van der Waals surface area contributed by atoms with Gasteiger partial charge in [-0.05, 0) is 45.2 Å². The van der Waals surface area contributed by atoms with E-state index in [0.717, 1.165) is 36.8 Å². The lowest BCUT2D eigenvalue weighted by Gasteiger charge is -2.17. The zero-order valence-electron chi connectivity index (χ0n) is 12.9. The molecule has 1 aliphatic carbocycles. The second-order valence-corrected chi connectivity index (χ2v) is 5.86. The SMILES string of the molecule is Cc1ccc(C(=O)O[C@@H](C)C(=O)NC2CCCC2)c(C)c1. The average Bonchev–Trinajstić information content (AvgIpc) is 2.91. The van der Waals surface area contributed by atoms with Crippen molar-refractivity contribution in [1.29, 1.82) is 0 Å². The Bertz CT molecular complexity index is 533. The van der Waals surface area contributed by atoms with Crippen LogP contribution in [0, 0.1) is 13.8 Å². The maximum absolute atomic E-state index is 12.1. The largest absolute Gasteiger partial charge is 0.449 e. The van der Waals surface area contributed by atoms with E-state index < -0.39 is 12.1 Å². The molecule has 1 N–H and O–H groups in total. The Labute approximate surface area is 125 Å². The summed E-state index contributed by atoms with van der Waals surface area (Å²) in [6, 6.07) is 5.78. The molecule has 0 heterocycles. The van der Waals surface area contributed by atoms with Crippen LogP contribution < -0.4 is 5.32 Å². The molecule has 0 radical (unpaired) electrons. The maximum Gasteiger partial charge on any atom is 0.339 e. The molecule has 0 aromatic heterocycles. The lowest BCUT2D eigenvalue weighted by molar-refractivity contribution is -0.129. The topological polar surface area (TPSA) is 55.4 Å². The molecule has 1 aliphatic rings. The van der Waals surface area contributed by atoms with Gasteiger partial charge in [0.05, 0.1) is 5.56 Å². The molecule has 4 heteroatoms. The van der Waals surface area contributed by atoms with Crippen LogP contribution in [0.5, 0.6) is 0 Å². The fourth-order valence-electron chi connectivity index (χ4n) is 2.71. The van der Waals surface area contributed by atoms with E-state index in [2.05, 4.69) is 5.32 Å². The zero-order chi connectivity index (χ0) is 15.4. The van der Waals surface area contributed by atoms with E-state index in [4.69, 9.17) is 4.74 Å². The second kappa shape index (κ2) is 6.74. The molecule has 2 rings (SSSR count). The number of rotatable bonds is 4. The van der Waals surface area contributed by atoms with Crippen LogP contribution in [0.15, 0.2) is 18.2 Å².